The summed E-state index contributed by atoms with van der Waals surface area (Å²) in [7, 11) is 0. The maximum absolute atomic E-state index is 12.6. The molecule has 0 aliphatic carbocycles. The highest BCUT2D eigenvalue weighted by Gasteiger charge is 2.14. The summed E-state index contributed by atoms with van der Waals surface area (Å²) in [6.07, 6.45) is 4.35. The predicted molar refractivity (Wildman–Crippen MR) is 119 cm³/mol. The molecular weight excluding hydrogens is 392 g/mol. The molecule has 2 aromatic carbocycles. The molecule has 0 unspecified atom stereocenters. The Kier molecular flexibility index (Phi) is 6.07. The molecule has 4 aromatic rings. The molecule has 0 bridgehead atoms. The Balaban J connectivity index is 1.33. The second-order valence-corrected chi connectivity index (χ2v) is 7.14. The average molecular weight is 416 g/mol. The van der Waals surface area contributed by atoms with E-state index in [1.165, 1.54) is 0 Å². The van der Waals surface area contributed by atoms with E-state index in [4.69, 9.17) is 0 Å². The number of aromatic nitrogens is 4. The first-order chi connectivity index (χ1) is 15.1. The van der Waals surface area contributed by atoms with Gasteiger partial charge < -0.3 is 15.2 Å². The molecule has 4 rings (SSSR count). The lowest BCUT2D eigenvalue weighted by Gasteiger charge is -2.21. The number of amides is 2. The quantitative estimate of drug-likeness (QED) is 0.484. The zero-order valence-electron chi connectivity index (χ0n) is 17.3. The van der Waals surface area contributed by atoms with Gasteiger partial charge in [0.2, 0.25) is 0 Å². The Labute approximate surface area is 179 Å². The van der Waals surface area contributed by atoms with Crippen LogP contribution in [-0.4, -0.2) is 43.8 Å². The molecule has 0 spiro atoms. The number of benzene rings is 2. The van der Waals surface area contributed by atoms with Crippen molar-refractivity contribution in [2.45, 2.75) is 19.9 Å². The molecule has 158 valence electrons. The summed E-state index contributed by atoms with van der Waals surface area (Å²) < 4.78 is 1.80. The lowest BCUT2D eigenvalue weighted by molar-refractivity contribution is 0.197. The van der Waals surface area contributed by atoms with E-state index in [1.807, 2.05) is 49.5 Å². The van der Waals surface area contributed by atoms with Gasteiger partial charge in [-0.15, -0.1) is 0 Å². The van der Waals surface area contributed by atoms with Crippen LogP contribution in [0.3, 0.4) is 0 Å². The second-order valence-electron chi connectivity index (χ2n) is 7.14. The minimum absolute atomic E-state index is 0.188. The van der Waals surface area contributed by atoms with E-state index >= 15 is 0 Å². The second kappa shape index (κ2) is 9.25. The van der Waals surface area contributed by atoms with Crippen LogP contribution in [-0.2, 0) is 13.0 Å². The molecule has 0 radical (unpaired) electrons. The van der Waals surface area contributed by atoms with E-state index in [2.05, 4.69) is 20.4 Å². The zero-order chi connectivity index (χ0) is 21.6. The van der Waals surface area contributed by atoms with Crippen LogP contribution in [0.1, 0.15) is 18.3 Å². The van der Waals surface area contributed by atoms with Crippen molar-refractivity contribution >= 4 is 16.9 Å². The summed E-state index contributed by atoms with van der Waals surface area (Å²) >= 11 is 0. The largest absolute Gasteiger partial charge is 0.338 e. The number of aromatic amines is 1. The van der Waals surface area contributed by atoms with Crippen molar-refractivity contribution in [3.63, 3.8) is 0 Å². The Hall–Kier alpha value is -3.94. The third-order valence-electron chi connectivity index (χ3n) is 5.07. The van der Waals surface area contributed by atoms with Crippen molar-refractivity contribution in [2.24, 2.45) is 0 Å². The molecule has 2 N–H and O–H groups in total. The van der Waals surface area contributed by atoms with E-state index in [1.54, 1.807) is 34.0 Å². The number of carbonyl (C=O) groups excluding carboxylic acids is 1. The normalized spacial score (nSPS) is 10.9. The molecule has 0 atom stereocenters. The van der Waals surface area contributed by atoms with Crippen LogP contribution in [0.5, 0.6) is 0 Å². The number of carbonyl (C=O) groups is 1. The van der Waals surface area contributed by atoms with Crippen LogP contribution in [0, 0.1) is 0 Å². The number of rotatable bonds is 7. The summed E-state index contributed by atoms with van der Waals surface area (Å²) in [6, 6.07) is 16.9. The molecule has 8 heteroatoms. The van der Waals surface area contributed by atoms with Gasteiger partial charge >= 0.3 is 6.03 Å². The smallest absolute Gasteiger partial charge is 0.317 e. The van der Waals surface area contributed by atoms with Gasteiger partial charge in [-0.05, 0) is 49.2 Å². The van der Waals surface area contributed by atoms with Crippen LogP contribution in [0.15, 0.2) is 71.8 Å². The van der Waals surface area contributed by atoms with E-state index in [-0.39, 0.29) is 18.1 Å². The first-order valence-corrected chi connectivity index (χ1v) is 10.2. The average Bonchev–Trinajstić information content (AvgIpc) is 3.33. The topological polar surface area (TPSA) is 95.9 Å². The van der Waals surface area contributed by atoms with Crippen LogP contribution in [0.2, 0.25) is 0 Å². The number of H-pyrrole nitrogens is 1. The van der Waals surface area contributed by atoms with Gasteiger partial charge in [-0.25, -0.2) is 14.5 Å². The van der Waals surface area contributed by atoms with Crippen molar-refractivity contribution in [3.8, 4) is 5.69 Å². The van der Waals surface area contributed by atoms with Crippen molar-refractivity contribution < 1.29 is 4.79 Å². The molecule has 0 fully saturated rings. The minimum atomic E-state index is -0.199. The first kappa shape index (κ1) is 20.3. The Morgan fingerprint density at radius 1 is 1.13 bits per heavy atom. The van der Waals surface area contributed by atoms with Crippen molar-refractivity contribution in [1.29, 1.82) is 0 Å². The highest BCUT2D eigenvalue weighted by Crippen LogP contribution is 2.10. The van der Waals surface area contributed by atoms with Crippen LogP contribution >= 0.6 is 0 Å². The number of urea groups is 1. The maximum atomic E-state index is 12.6. The van der Waals surface area contributed by atoms with Crippen molar-refractivity contribution in [1.82, 2.24) is 30.0 Å². The van der Waals surface area contributed by atoms with Gasteiger partial charge in [0, 0.05) is 25.5 Å². The van der Waals surface area contributed by atoms with Crippen LogP contribution in [0.25, 0.3) is 16.6 Å². The molecule has 2 heterocycles. The van der Waals surface area contributed by atoms with Gasteiger partial charge in [-0.2, -0.15) is 5.10 Å². The Morgan fingerprint density at radius 3 is 2.68 bits per heavy atom. The minimum Gasteiger partial charge on any atom is -0.338 e. The molecule has 0 aliphatic rings. The predicted octanol–water partition coefficient (Wildman–Crippen LogP) is 2.88. The molecule has 2 amide bonds. The van der Waals surface area contributed by atoms with E-state index in [0.717, 1.165) is 11.3 Å². The van der Waals surface area contributed by atoms with Gasteiger partial charge in [0.25, 0.3) is 5.56 Å². The molecular formula is C23H24N6O2. The lowest BCUT2D eigenvalue weighted by Crippen LogP contribution is -2.40. The summed E-state index contributed by atoms with van der Waals surface area (Å²) in [4.78, 5) is 33.7. The molecule has 8 nitrogen and oxygen atoms in total. The first-order valence-electron chi connectivity index (χ1n) is 10.2. The van der Waals surface area contributed by atoms with E-state index < -0.39 is 0 Å². The maximum Gasteiger partial charge on any atom is 0.317 e. The summed E-state index contributed by atoms with van der Waals surface area (Å²) in [5, 5.41) is 7.70. The fourth-order valence-electron chi connectivity index (χ4n) is 3.38. The van der Waals surface area contributed by atoms with E-state index in [0.29, 0.717) is 36.2 Å². The fourth-order valence-corrected chi connectivity index (χ4v) is 3.38. The van der Waals surface area contributed by atoms with Crippen molar-refractivity contribution in [3.05, 3.63) is 88.7 Å². The SMILES string of the molecule is CCN(Cc1nc2ccccc2c(=O)[nH]1)C(=O)NCCc1ccc(-n2cccn2)cc1. The highest BCUT2D eigenvalue weighted by atomic mass is 16.2. The third kappa shape index (κ3) is 4.80. The zero-order valence-corrected chi connectivity index (χ0v) is 17.3. The number of fused-ring (bicyclic) bond motifs is 1. The number of nitrogens with zero attached hydrogens (tertiary/aromatic N) is 4. The fraction of sp³-hybridized carbons (Fsp3) is 0.217. The van der Waals surface area contributed by atoms with Gasteiger partial charge in [-0.1, -0.05) is 24.3 Å². The van der Waals surface area contributed by atoms with Gasteiger partial charge in [0.15, 0.2) is 0 Å². The molecule has 2 aromatic heterocycles. The molecule has 0 saturated carbocycles. The summed E-state index contributed by atoms with van der Waals surface area (Å²) in [6.45, 7) is 3.15. The lowest BCUT2D eigenvalue weighted by atomic mass is 10.1. The van der Waals surface area contributed by atoms with E-state index in [9.17, 15) is 9.59 Å². The highest BCUT2D eigenvalue weighted by molar-refractivity contribution is 5.77. The molecule has 0 aliphatic heterocycles. The standard InChI is InChI=1S/C23H24N6O2/c1-2-28(16-21-26-20-7-4-3-6-19(20)22(30)27-21)23(31)24-14-12-17-8-10-18(11-9-17)29-15-5-13-25-29/h3-11,13,15H,2,12,14,16H2,1H3,(H,24,31)(H,26,27,30). The molecule has 0 saturated heterocycles. The van der Waals surface area contributed by atoms with Gasteiger partial charge in [0.05, 0.1) is 23.1 Å². The number of nitrogens with one attached hydrogen (secondary N) is 2. The number of hydrogen-bond acceptors (Lipinski definition) is 4. The number of hydrogen-bond donors (Lipinski definition) is 2. The summed E-state index contributed by atoms with van der Waals surface area (Å²) in [5.41, 5.74) is 2.54. The van der Waals surface area contributed by atoms with Crippen LogP contribution < -0.4 is 10.9 Å². The summed E-state index contributed by atoms with van der Waals surface area (Å²) in [5.74, 6) is 0.468. The Bertz CT molecular complexity index is 1220. The van der Waals surface area contributed by atoms with Gasteiger partial charge in [0.1, 0.15) is 5.82 Å². The van der Waals surface area contributed by atoms with Crippen LogP contribution in [0.4, 0.5) is 4.79 Å². The monoisotopic (exact) mass is 416 g/mol. The third-order valence-corrected chi connectivity index (χ3v) is 5.07. The van der Waals surface area contributed by atoms with Gasteiger partial charge in [-0.3, -0.25) is 4.79 Å². The number of para-hydroxylation sites is 1. The van der Waals surface area contributed by atoms with Crippen molar-refractivity contribution in [2.75, 3.05) is 13.1 Å². The molecule has 31 heavy (non-hydrogen) atoms. The Morgan fingerprint density at radius 2 is 1.94 bits per heavy atom.